The Morgan fingerprint density at radius 3 is 2.47 bits per heavy atom. The molecule has 0 bridgehead atoms. The molecule has 8 heteroatoms. The van der Waals surface area contributed by atoms with Crippen LogP contribution in [0.1, 0.15) is 29.0 Å². The van der Waals surface area contributed by atoms with Crippen LogP contribution in [0.3, 0.4) is 0 Å². The van der Waals surface area contributed by atoms with Crippen molar-refractivity contribution < 1.29 is 19.2 Å². The van der Waals surface area contributed by atoms with E-state index in [0.717, 1.165) is 31.5 Å². The van der Waals surface area contributed by atoms with Crippen LogP contribution in [0.25, 0.3) is 11.3 Å². The fourth-order valence-electron chi connectivity index (χ4n) is 3.58. The zero-order valence-corrected chi connectivity index (χ0v) is 16.2. The molecule has 154 valence electrons. The van der Waals surface area contributed by atoms with E-state index in [9.17, 15) is 14.9 Å². The zero-order chi connectivity index (χ0) is 21.1. The van der Waals surface area contributed by atoms with Crippen LogP contribution in [-0.4, -0.2) is 29.0 Å². The van der Waals surface area contributed by atoms with Crippen molar-refractivity contribution in [2.75, 3.05) is 23.3 Å². The molecule has 2 heterocycles. The van der Waals surface area contributed by atoms with Crippen LogP contribution >= 0.6 is 0 Å². The third kappa shape index (κ3) is 4.04. The van der Waals surface area contributed by atoms with Gasteiger partial charge in [-0.25, -0.2) is 0 Å². The number of carbonyl (C=O) groups is 1. The van der Waals surface area contributed by atoms with Crippen molar-refractivity contribution in [2.24, 2.45) is 0 Å². The lowest BCUT2D eigenvalue weighted by Gasteiger charge is -2.17. The van der Waals surface area contributed by atoms with Gasteiger partial charge in [0.15, 0.2) is 0 Å². The van der Waals surface area contributed by atoms with Gasteiger partial charge in [0.25, 0.3) is 11.6 Å². The van der Waals surface area contributed by atoms with Crippen molar-refractivity contribution in [3.63, 3.8) is 0 Å². The molecule has 2 N–H and O–H groups in total. The molecule has 1 amide bonds. The van der Waals surface area contributed by atoms with Gasteiger partial charge in [0.1, 0.15) is 23.8 Å². The Labute approximate surface area is 172 Å². The molecular weight excluding hydrogens is 386 g/mol. The minimum atomic E-state index is -0.441. The number of hydrogen-bond donors (Lipinski definition) is 2. The summed E-state index contributed by atoms with van der Waals surface area (Å²) in [6.07, 6.45) is 2.02. The maximum absolute atomic E-state index is 12.6. The molecular formula is C22H21N3O5. The molecule has 0 spiro atoms. The molecule has 0 atom stereocenters. The average Bonchev–Trinajstić information content (AvgIpc) is 3.46. The highest BCUT2D eigenvalue weighted by Gasteiger charge is 2.24. The number of nitrogens with zero attached hydrogens (tertiary/aromatic N) is 2. The first-order valence-corrected chi connectivity index (χ1v) is 9.70. The first-order valence-electron chi connectivity index (χ1n) is 9.70. The Morgan fingerprint density at radius 1 is 1.10 bits per heavy atom. The summed E-state index contributed by atoms with van der Waals surface area (Å²) in [6, 6.07) is 15.1. The first kappa shape index (κ1) is 19.7. The Kier molecular flexibility index (Phi) is 5.49. The number of nitrogens with one attached hydrogen (secondary N) is 1. The molecule has 1 saturated heterocycles. The highest BCUT2D eigenvalue weighted by Crippen LogP contribution is 2.32. The molecule has 0 saturated carbocycles. The first-order chi connectivity index (χ1) is 14.5. The van der Waals surface area contributed by atoms with E-state index in [0.29, 0.717) is 22.9 Å². The third-order valence-corrected chi connectivity index (χ3v) is 5.13. The number of carbonyl (C=O) groups excluding carboxylic acids is 1. The molecule has 8 nitrogen and oxygen atoms in total. The van der Waals surface area contributed by atoms with Gasteiger partial charge in [-0.3, -0.25) is 14.9 Å². The van der Waals surface area contributed by atoms with Crippen LogP contribution in [0.4, 0.5) is 17.1 Å². The standard InChI is InChI=1S/C22H21N3O5/c26-14-18-8-10-21(30-18)15-3-6-17(7-4-15)23-22(27)16-5-9-19(20(13-16)25(28)29)24-11-1-2-12-24/h3-10,13,26H,1-2,11-12,14H2,(H,23,27). The van der Waals surface area contributed by atoms with Crippen LogP contribution in [0.5, 0.6) is 0 Å². The second kappa shape index (κ2) is 8.38. The van der Waals surface area contributed by atoms with E-state index in [4.69, 9.17) is 9.52 Å². The predicted molar refractivity (Wildman–Crippen MR) is 113 cm³/mol. The van der Waals surface area contributed by atoms with Gasteiger partial charge in [-0.2, -0.15) is 0 Å². The zero-order valence-electron chi connectivity index (χ0n) is 16.2. The summed E-state index contributed by atoms with van der Waals surface area (Å²) in [5, 5.41) is 23.4. The lowest BCUT2D eigenvalue weighted by Crippen LogP contribution is -2.19. The van der Waals surface area contributed by atoms with Gasteiger partial charge in [-0.05, 0) is 61.4 Å². The Balaban J connectivity index is 1.50. The Morgan fingerprint density at radius 2 is 1.83 bits per heavy atom. The Hall–Kier alpha value is -3.65. The van der Waals surface area contributed by atoms with Crippen molar-refractivity contribution in [1.82, 2.24) is 0 Å². The lowest BCUT2D eigenvalue weighted by atomic mass is 10.1. The van der Waals surface area contributed by atoms with E-state index < -0.39 is 10.8 Å². The highest BCUT2D eigenvalue weighted by atomic mass is 16.6. The van der Waals surface area contributed by atoms with E-state index in [2.05, 4.69) is 5.32 Å². The molecule has 2 aromatic carbocycles. The quantitative estimate of drug-likeness (QED) is 0.468. The molecule has 1 aliphatic heterocycles. The molecule has 0 unspecified atom stereocenters. The van der Waals surface area contributed by atoms with Crippen molar-refractivity contribution in [3.05, 3.63) is 76.0 Å². The fourth-order valence-corrected chi connectivity index (χ4v) is 3.58. The molecule has 30 heavy (non-hydrogen) atoms. The van der Waals surface area contributed by atoms with Gasteiger partial charge in [-0.1, -0.05) is 0 Å². The molecule has 1 aliphatic rings. The minimum Gasteiger partial charge on any atom is -0.459 e. The number of amides is 1. The monoisotopic (exact) mass is 407 g/mol. The van der Waals surface area contributed by atoms with Crippen LogP contribution in [0.15, 0.2) is 59.0 Å². The van der Waals surface area contributed by atoms with Crippen LogP contribution < -0.4 is 10.2 Å². The number of benzene rings is 2. The van der Waals surface area contributed by atoms with Gasteiger partial charge >= 0.3 is 0 Å². The second-order valence-corrected chi connectivity index (χ2v) is 7.11. The number of nitro benzene ring substituents is 1. The number of furan rings is 1. The van der Waals surface area contributed by atoms with E-state index in [1.807, 2.05) is 4.90 Å². The number of anilines is 2. The molecule has 0 aliphatic carbocycles. The van der Waals surface area contributed by atoms with Crippen molar-refractivity contribution in [1.29, 1.82) is 0 Å². The van der Waals surface area contributed by atoms with Crippen molar-refractivity contribution in [2.45, 2.75) is 19.4 Å². The van der Waals surface area contributed by atoms with Gasteiger partial charge < -0.3 is 19.7 Å². The minimum absolute atomic E-state index is 0.0580. The largest absolute Gasteiger partial charge is 0.459 e. The molecule has 3 aromatic rings. The summed E-state index contributed by atoms with van der Waals surface area (Å²) < 4.78 is 5.49. The van der Waals surface area contributed by atoms with Gasteiger partial charge in [0.2, 0.25) is 0 Å². The van der Waals surface area contributed by atoms with Gasteiger partial charge in [0.05, 0.1) is 4.92 Å². The van der Waals surface area contributed by atoms with E-state index in [1.54, 1.807) is 48.5 Å². The summed E-state index contributed by atoms with van der Waals surface area (Å²) in [7, 11) is 0. The molecule has 1 aromatic heterocycles. The van der Waals surface area contributed by atoms with Crippen LogP contribution in [-0.2, 0) is 6.61 Å². The smallest absolute Gasteiger partial charge is 0.293 e. The normalized spacial score (nSPS) is 13.4. The van der Waals surface area contributed by atoms with Gasteiger partial charge in [0, 0.05) is 36.0 Å². The van der Waals surface area contributed by atoms with E-state index in [-0.39, 0.29) is 17.9 Å². The number of nitro groups is 1. The lowest BCUT2D eigenvalue weighted by molar-refractivity contribution is -0.384. The highest BCUT2D eigenvalue weighted by molar-refractivity contribution is 6.05. The SMILES string of the molecule is O=C(Nc1ccc(-c2ccc(CO)o2)cc1)c1ccc(N2CCCC2)c([N+](=O)[O-])c1. The van der Waals surface area contributed by atoms with E-state index in [1.165, 1.54) is 6.07 Å². The van der Waals surface area contributed by atoms with Crippen LogP contribution in [0.2, 0.25) is 0 Å². The number of hydrogen-bond acceptors (Lipinski definition) is 6. The van der Waals surface area contributed by atoms with Crippen LogP contribution in [0, 0.1) is 10.1 Å². The van der Waals surface area contributed by atoms with E-state index >= 15 is 0 Å². The summed E-state index contributed by atoms with van der Waals surface area (Å²) in [5.74, 6) is 0.672. The van der Waals surface area contributed by atoms with Gasteiger partial charge in [-0.15, -0.1) is 0 Å². The van der Waals surface area contributed by atoms with Crippen molar-refractivity contribution >= 4 is 23.0 Å². The summed E-state index contributed by atoms with van der Waals surface area (Å²) in [6.45, 7) is 1.40. The Bertz CT molecular complexity index is 1070. The predicted octanol–water partition coefficient (Wildman–Crippen LogP) is 4.20. The fraction of sp³-hybridized carbons (Fsp3) is 0.227. The summed E-state index contributed by atoms with van der Waals surface area (Å²) in [4.78, 5) is 25.7. The molecule has 0 radical (unpaired) electrons. The topological polar surface area (TPSA) is 109 Å². The third-order valence-electron chi connectivity index (χ3n) is 5.13. The van der Waals surface area contributed by atoms with Crippen molar-refractivity contribution in [3.8, 4) is 11.3 Å². The maximum atomic E-state index is 12.6. The summed E-state index contributed by atoms with van der Waals surface area (Å²) >= 11 is 0. The molecule has 4 rings (SSSR count). The maximum Gasteiger partial charge on any atom is 0.293 e. The summed E-state index contributed by atoms with van der Waals surface area (Å²) in [5.41, 5.74) is 2.09. The number of aliphatic hydroxyl groups is 1. The average molecular weight is 407 g/mol. The number of rotatable bonds is 6. The number of aliphatic hydroxyl groups excluding tert-OH is 1. The second-order valence-electron chi connectivity index (χ2n) is 7.11. The molecule has 1 fully saturated rings.